The monoisotopic (exact) mass is 443 g/mol. The molecule has 0 aliphatic carbocycles. The molecule has 0 unspecified atom stereocenters. The van der Waals surface area contributed by atoms with Crippen LogP contribution in [0.4, 0.5) is 11.4 Å². The van der Waals surface area contributed by atoms with Crippen molar-refractivity contribution in [3.63, 3.8) is 0 Å². The smallest absolute Gasteiger partial charge is 0.248 e. The van der Waals surface area contributed by atoms with Gasteiger partial charge in [0.25, 0.3) is 0 Å². The molecular weight excluding hydrogens is 422 g/mol. The van der Waals surface area contributed by atoms with Crippen LogP contribution in [0.3, 0.4) is 0 Å². The molecule has 1 heterocycles. The Morgan fingerprint density at radius 2 is 1.83 bits per heavy atom. The lowest BCUT2D eigenvalue weighted by Gasteiger charge is -2.10. The first-order valence-corrected chi connectivity index (χ1v) is 11.8. The molecule has 2 N–H and O–H groups in total. The fourth-order valence-corrected chi connectivity index (χ4v) is 3.71. The number of thiazole rings is 1. The van der Waals surface area contributed by atoms with Crippen LogP contribution in [0.5, 0.6) is 5.75 Å². The quantitative estimate of drug-likeness (QED) is 0.512. The number of para-hydroxylation sites is 2. The molecule has 0 saturated heterocycles. The van der Waals surface area contributed by atoms with Crippen molar-refractivity contribution >= 4 is 44.7 Å². The summed E-state index contributed by atoms with van der Waals surface area (Å²) in [4.78, 5) is 16.6. The molecule has 2 aromatic carbocycles. The van der Waals surface area contributed by atoms with E-state index in [9.17, 15) is 13.2 Å². The molecule has 9 heteroatoms. The van der Waals surface area contributed by atoms with Gasteiger partial charge in [-0.25, -0.2) is 13.4 Å². The number of nitrogens with zero attached hydrogens (tertiary/aromatic N) is 1. The summed E-state index contributed by atoms with van der Waals surface area (Å²) in [5, 5.41) is 5.64. The molecule has 7 nitrogen and oxygen atoms in total. The van der Waals surface area contributed by atoms with E-state index in [0.29, 0.717) is 23.7 Å². The molecule has 1 amide bonds. The highest BCUT2D eigenvalue weighted by molar-refractivity contribution is 7.92. The van der Waals surface area contributed by atoms with Crippen LogP contribution in [0, 0.1) is 6.92 Å². The molecule has 0 bridgehead atoms. The average Bonchev–Trinajstić information content (AvgIpc) is 3.11. The van der Waals surface area contributed by atoms with Gasteiger partial charge in [-0.1, -0.05) is 24.3 Å². The van der Waals surface area contributed by atoms with Gasteiger partial charge in [-0.2, -0.15) is 0 Å². The maximum atomic E-state index is 12.2. The Morgan fingerprint density at radius 1 is 1.13 bits per heavy atom. The van der Waals surface area contributed by atoms with Crippen LogP contribution in [-0.4, -0.2) is 25.6 Å². The van der Waals surface area contributed by atoms with Crippen molar-refractivity contribution in [1.29, 1.82) is 0 Å². The van der Waals surface area contributed by atoms with E-state index in [0.717, 1.165) is 22.5 Å². The van der Waals surface area contributed by atoms with Gasteiger partial charge in [0.05, 0.1) is 28.3 Å². The number of amides is 1. The maximum absolute atomic E-state index is 12.2. The lowest BCUT2D eigenvalue weighted by molar-refractivity contribution is -0.111. The third-order valence-corrected chi connectivity index (χ3v) is 5.25. The summed E-state index contributed by atoms with van der Waals surface area (Å²) >= 11 is 1.58. The summed E-state index contributed by atoms with van der Waals surface area (Å²) in [6.45, 7) is 2.36. The maximum Gasteiger partial charge on any atom is 0.248 e. The number of nitrogens with one attached hydrogen (secondary N) is 2. The number of benzene rings is 2. The number of aryl methyl sites for hydroxylation is 1. The van der Waals surface area contributed by atoms with E-state index >= 15 is 0 Å². The molecule has 1 aromatic heterocycles. The zero-order valence-corrected chi connectivity index (χ0v) is 18.1. The van der Waals surface area contributed by atoms with E-state index in [2.05, 4.69) is 15.0 Å². The average molecular weight is 444 g/mol. The minimum absolute atomic E-state index is 0.304. The van der Waals surface area contributed by atoms with Crippen LogP contribution in [0.1, 0.15) is 16.3 Å². The van der Waals surface area contributed by atoms with Crippen molar-refractivity contribution in [2.24, 2.45) is 0 Å². The fourth-order valence-electron chi connectivity index (χ4n) is 2.53. The van der Waals surface area contributed by atoms with Gasteiger partial charge < -0.3 is 10.1 Å². The number of sulfonamides is 1. The van der Waals surface area contributed by atoms with Gasteiger partial charge in [-0.15, -0.1) is 11.3 Å². The molecule has 3 aromatic rings. The Morgan fingerprint density at radius 3 is 2.47 bits per heavy atom. The van der Waals surface area contributed by atoms with Crippen molar-refractivity contribution in [3.05, 3.63) is 76.3 Å². The number of ether oxygens (including phenoxy) is 1. The molecule has 0 aliphatic heterocycles. The molecule has 0 atom stereocenters. The lowest BCUT2D eigenvalue weighted by atomic mass is 10.2. The first-order chi connectivity index (χ1) is 14.3. The third-order valence-electron chi connectivity index (χ3n) is 3.84. The van der Waals surface area contributed by atoms with Crippen LogP contribution in [0.15, 0.2) is 60.0 Å². The predicted octanol–water partition coefficient (Wildman–Crippen LogP) is 4.05. The molecule has 0 spiro atoms. The molecule has 30 heavy (non-hydrogen) atoms. The Labute approximate surface area is 179 Å². The van der Waals surface area contributed by atoms with E-state index < -0.39 is 10.0 Å². The van der Waals surface area contributed by atoms with Crippen LogP contribution >= 0.6 is 11.3 Å². The number of aromatic nitrogens is 1. The van der Waals surface area contributed by atoms with Crippen LogP contribution < -0.4 is 14.8 Å². The molecule has 0 radical (unpaired) electrons. The van der Waals surface area contributed by atoms with E-state index in [4.69, 9.17) is 4.74 Å². The summed E-state index contributed by atoms with van der Waals surface area (Å²) in [7, 11) is -3.45. The van der Waals surface area contributed by atoms with Gasteiger partial charge in [0.1, 0.15) is 12.4 Å². The largest absolute Gasteiger partial charge is 0.487 e. The standard InChI is InChI=1S/C21H21N3O4S2/c1-15-22-17(14-29-15)13-28-18-10-7-16(8-11-18)9-12-21(25)23-19-5-3-4-6-20(19)24-30(2,26)27/h3-12,14,24H,13H2,1-2H3,(H,23,25)/b12-9+. The highest BCUT2D eigenvalue weighted by Crippen LogP contribution is 2.22. The van der Waals surface area contributed by atoms with E-state index in [-0.39, 0.29) is 5.91 Å². The Hall–Kier alpha value is -3.17. The van der Waals surface area contributed by atoms with E-state index in [1.54, 1.807) is 41.7 Å². The summed E-state index contributed by atoms with van der Waals surface area (Å²) < 4.78 is 31.0. The second-order valence-electron chi connectivity index (χ2n) is 6.46. The van der Waals surface area contributed by atoms with Gasteiger partial charge in [0.2, 0.25) is 15.9 Å². The first kappa shape index (κ1) is 21.5. The van der Waals surface area contributed by atoms with Gasteiger partial charge in [-0.05, 0) is 42.8 Å². The molecular formula is C21H21N3O4S2. The Bertz CT molecular complexity index is 1150. The van der Waals surface area contributed by atoms with Gasteiger partial charge in [0.15, 0.2) is 0 Å². The SMILES string of the molecule is Cc1nc(COc2ccc(/C=C/C(=O)Nc3ccccc3NS(C)(=O)=O)cc2)cs1. The fraction of sp³-hybridized carbons (Fsp3) is 0.143. The number of anilines is 2. The van der Waals surface area contributed by atoms with Crippen molar-refractivity contribution in [1.82, 2.24) is 4.98 Å². The number of hydrogen-bond donors (Lipinski definition) is 2. The summed E-state index contributed by atoms with van der Waals surface area (Å²) in [6, 6.07) is 13.9. The minimum atomic E-state index is -3.45. The Kier molecular flexibility index (Phi) is 6.86. The van der Waals surface area contributed by atoms with Crippen LogP contribution in [0.25, 0.3) is 6.08 Å². The minimum Gasteiger partial charge on any atom is -0.487 e. The second-order valence-corrected chi connectivity index (χ2v) is 9.27. The number of carbonyl (C=O) groups excluding carboxylic acids is 1. The van der Waals surface area contributed by atoms with Crippen molar-refractivity contribution in [2.45, 2.75) is 13.5 Å². The predicted molar refractivity (Wildman–Crippen MR) is 120 cm³/mol. The van der Waals surface area contributed by atoms with Crippen LogP contribution in [-0.2, 0) is 21.4 Å². The zero-order chi connectivity index (χ0) is 21.6. The van der Waals surface area contributed by atoms with E-state index in [1.807, 2.05) is 36.6 Å². The number of rotatable bonds is 8. The molecule has 156 valence electrons. The van der Waals surface area contributed by atoms with Gasteiger partial charge >= 0.3 is 0 Å². The topological polar surface area (TPSA) is 97.4 Å². The molecule has 3 rings (SSSR count). The zero-order valence-electron chi connectivity index (χ0n) is 16.5. The van der Waals surface area contributed by atoms with Crippen molar-refractivity contribution in [2.75, 3.05) is 16.3 Å². The summed E-state index contributed by atoms with van der Waals surface area (Å²) in [5.41, 5.74) is 2.39. The van der Waals surface area contributed by atoms with Crippen LogP contribution in [0.2, 0.25) is 0 Å². The van der Waals surface area contributed by atoms with Crippen molar-refractivity contribution in [3.8, 4) is 5.75 Å². The number of carbonyl (C=O) groups is 1. The molecule has 0 fully saturated rings. The number of hydrogen-bond acceptors (Lipinski definition) is 6. The second kappa shape index (κ2) is 9.55. The highest BCUT2D eigenvalue weighted by Gasteiger charge is 2.08. The molecule has 0 aliphatic rings. The third kappa shape index (κ3) is 6.71. The first-order valence-electron chi connectivity index (χ1n) is 8.98. The summed E-state index contributed by atoms with van der Waals surface area (Å²) in [5.74, 6) is 0.333. The van der Waals surface area contributed by atoms with Gasteiger partial charge in [0, 0.05) is 11.5 Å². The normalized spacial score (nSPS) is 11.4. The van der Waals surface area contributed by atoms with Crippen molar-refractivity contribution < 1.29 is 17.9 Å². The Balaban J connectivity index is 1.57. The highest BCUT2D eigenvalue weighted by atomic mass is 32.2. The van der Waals surface area contributed by atoms with Gasteiger partial charge in [-0.3, -0.25) is 9.52 Å². The molecule has 0 saturated carbocycles. The lowest BCUT2D eigenvalue weighted by Crippen LogP contribution is -2.14. The summed E-state index contributed by atoms with van der Waals surface area (Å²) in [6.07, 6.45) is 4.09. The van der Waals surface area contributed by atoms with E-state index in [1.165, 1.54) is 6.08 Å².